The van der Waals surface area contributed by atoms with Crippen molar-refractivity contribution in [1.29, 1.82) is 0 Å². The fourth-order valence-electron chi connectivity index (χ4n) is 8.84. The second-order valence-electron chi connectivity index (χ2n) is 15.4. The minimum absolute atomic E-state index is 1.09. The molecule has 60 heavy (non-hydrogen) atoms. The Kier molecular flexibility index (Phi) is 8.87. The molecule has 10 aromatic carbocycles. The molecule has 0 aliphatic carbocycles. The molecular formula is C58H40N2. The van der Waals surface area contributed by atoms with Crippen molar-refractivity contribution in [2.75, 3.05) is 4.90 Å². The van der Waals surface area contributed by atoms with Crippen LogP contribution in [0.4, 0.5) is 17.1 Å². The molecule has 0 aliphatic rings. The molecule has 0 amide bonds. The SMILES string of the molecule is c1ccc(-c2ccc(N(c3ccc(-c4ccc5ccccc5c4)cc3)c3cccc(-c4cccc5c4c4ccc(-c6ccccc6)cc4n5-c4ccccc4)c3)cc2)cc1. The maximum atomic E-state index is 2.42. The summed E-state index contributed by atoms with van der Waals surface area (Å²) in [7, 11) is 0. The molecule has 0 unspecified atom stereocenters. The first-order valence-electron chi connectivity index (χ1n) is 20.6. The lowest BCUT2D eigenvalue weighted by atomic mass is 9.97. The topological polar surface area (TPSA) is 8.17 Å². The van der Waals surface area contributed by atoms with Gasteiger partial charge in [0.15, 0.2) is 0 Å². The summed E-state index contributed by atoms with van der Waals surface area (Å²) >= 11 is 0. The number of benzene rings is 10. The molecule has 0 N–H and O–H groups in total. The van der Waals surface area contributed by atoms with Crippen LogP contribution in [0.25, 0.3) is 82.8 Å². The summed E-state index contributed by atoms with van der Waals surface area (Å²) in [6.45, 7) is 0. The molecule has 0 aliphatic heterocycles. The number of fused-ring (bicyclic) bond motifs is 4. The molecule has 1 aromatic heterocycles. The molecule has 11 rings (SSSR count). The van der Waals surface area contributed by atoms with Crippen LogP contribution in [-0.2, 0) is 0 Å². The summed E-state index contributed by atoms with van der Waals surface area (Å²) in [5.74, 6) is 0. The third-order valence-electron chi connectivity index (χ3n) is 11.8. The van der Waals surface area contributed by atoms with Crippen LogP contribution in [0.2, 0.25) is 0 Å². The molecule has 2 heteroatoms. The zero-order chi connectivity index (χ0) is 39.8. The average Bonchev–Trinajstić information content (AvgIpc) is 3.67. The number of para-hydroxylation sites is 1. The van der Waals surface area contributed by atoms with Gasteiger partial charge < -0.3 is 9.47 Å². The standard InChI is InChI=1S/C58H40N2/c1-4-14-41(15-5-1)44-28-33-51(34-29-44)59(52-35-30-45(31-36-52)47-27-26-43-18-10-11-19-46(43)38-47)53-23-12-20-49(39-53)54-24-13-25-56-58(54)55-37-32-48(42-16-6-2-7-17-42)40-57(55)60(56)50-21-8-3-9-22-50/h1-40H. The molecule has 2 nitrogen and oxygen atoms in total. The molecular weight excluding hydrogens is 725 g/mol. The fraction of sp³-hybridized carbons (Fsp3) is 0. The smallest absolute Gasteiger partial charge is 0.0547 e. The molecule has 0 spiro atoms. The van der Waals surface area contributed by atoms with Gasteiger partial charge >= 0.3 is 0 Å². The van der Waals surface area contributed by atoms with Gasteiger partial charge in [0.2, 0.25) is 0 Å². The third-order valence-corrected chi connectivity index (χ3v) is 11.8. The Morgan fingerprint density at radius 2 is 0.800 bits per heavy atom. The van der Waals surface area contributed by atoms with E-state index in [0.29, 0.717) is 0 Å². The predicted octanol–water partition coefficient (Wildman–Crippen LogP) is 16.1. The first-order chi connectivity index (χ1) is 29.7. The van der Waals surface area contributed by atoms with Crippen LogP contribution in [0.15, 0.2) is 243 Å². The zero-order valence-corrected chi connectivity index (χ0v) is 33.0. The fourth-order valence-corrected chi connectivity index (χ4v) is 8.84. The lowest BCUT2D eigenvalue weighted by molar-refractivity contribution is 1.18. The highest BCUT2D eigenvalue weighted by Gasteiger charge is 2.19. The zero-order valence-electron chi connectivity index (χ0n) is 33.0. The third kappa shape index (κ3) is 6.41. The average molecular weight is 765 g/mol. The predicted molar refractivity (Wildman–Crippen MR) is 255 cm³/mol. The molecule has 0 saturated carbocycles. The highest BCUT2D eigenvalue weighted by atomic mass is 15.1. The van der Waals surface area contributed by atoms with Gasteiger partial charge in [0.05, 0.1) is 11.0 Å². The number of nitrogens with zero attached hydrogens (tertiary/aromatic N) is 2. The quantitative estimate of drug-likeness (QED) is 0.150. The number of hydrogen-bond acceptors (Lipinski definition) is 1. The van der Waals surface area contributed by atoms with Crippen LogP contribution in [0, 0.1) is 0 Å². The molecule has 0 saturated heterocycles. The molecule has 0 bridgehead atoms. The lowest BCUT2D eigenvalue weighted by Gasteiger charge is -2.26. The van der Waals surface area contributed by atoms with Gasteiger partial charge in [-0.15, -0.1) is 0 Å². The minimum atomic E-state index is 1.09. The Morgan fingerprint density at radius 1 is 0.283 bits per heavy atom. The van der Waals surface area contributed by atoms with E-state index < -0.39 is 0 Å². The first-order valence-corrected chi connectivity index (χ1v) is 20.6. The van der Waals surface area contributed by atoms with Crippen molar-refractivity contribution in [1.82, 2.24) is 4.57 Å². The first kappa shape index (κ1) is 35.2. The number of rotatable bonds is 8. The summed E-state index contributed by atoms with van der Waals surface area (Å²) in [5.41, 5.74) is 16.4. The Balaban J connectivity index is 1.05. The largest absolute Gasteiger partial charge is 0.310 e. The summed E-state index contributed by atoms with van der Waals surface area (Å²) in [6.07, 6.45) is 0. The Morgan fingerprint density at radius 3 is 1.50 bits per heavy atom. The van der Waals surface area contributed by atoms with Gasteiger partial charge in [-0.1, -0.05) is 176 Å². The molecule has 11 aromatic rings. The van der Waals surface area contributed by atoms with E-state index in [4.69, 9.17) is 0 Å². The van der Waals surface area contributed by atoms with Gasteiger partial charge in [0, 0.05) is 33.5 Å². The van der Waals surface area contributed by atoms with Crippen LogP contribution in [-0.4, -0.2) is 4.57 Å². The van der Waals surface area contributed by atoms with Gasteiger partial charge in [-0.2, -0.15) is 0 Å². The molecule has 0 fully saturated rings. The van der Waals surface area contributed by atoms with Crippen molar-refractivity contribution in [2.24, 2.45) is 0 Å². The Bertz CT molecular complexity index is 3270. The maximum absolute atomic E-state index is 2.42. The Hall–Kier alpha value is -7.94. The van der Waals surface area contributed by atoms with E-state index >= 15 is 0 Å². The number of hydrogen-bond donors (Lipinski definition) is 0. The highest BCUT2D eigenvalue weighted by molar-refractivity contribution is 6.16. The summed E-state index contributed by atoms with van der Waals surface area (Å²) in [6, 6.07) is 87.9. The van der Waals surface area contributed by atoms with Crippen molar-refractivity contribution >= 4 is 49.6 Å². The van der Waals surface area contributed by atoms with Crippen LogP contribution in [0.5, 0.6) is 0 Å². The van der Waals surface area contributed by atoms with Crippen LogP contribution >= 0.6 is 0 Å². The van der Waals surface area contributed by atoms with Gasteiger partial charge in [0.25, 0.3) is 0 Å². The number of aromatic nitrogens is 1. The summed E-state index contributed by atoms with van der Waals surface area (Å²) in [5, 5.41) is 4.97. The lowest BCUT2D eigenvalue weighted by Crippen LogP contribution is -2.10. The van der Waals surface area contributed by atoms with E-state index in [0.717, 1.165) is 28.3 Å². The van der Waals surface area contributed by atoms with E-state index in [1.165, 1.54) is 71.5 Å². The van der Waals surface area contributed by atoms with E-state index in [-0.39, 0.29) is 0 Å². The Labute approximate surface area is 350 Å². The van der Waals surface area contributed by atoms with E-state index in [1.807, 2.05) is 0 Å². The van der Waals surface area contributed by atoms with E-state index in [1.54, 1.807) is 0 Å². The maximum Gasteiger partial charge on any atom is 0.0547 e. The normalized spacial score (nSPS) is 11.3. The van der Waals surface area contributed by atoms with E-state index in [9.17, 15) is 0 Å². The van der Waals surface area contributed by atoms with Crippen molar-refractivity contribution in [3.8, 4) is 50.2 Å². The highest BCUT2D eigenvalue weighted by Crippen LogP contribution is 2.43. The van der Waals surface area contributed by atoms with Crippen LogP contribution < -0.4 is 4.90 Å². The van der Waals surface area contributed by atoms with Crippen LogP contribution in [0.1, 0.15) is 0 Å². The molecule has 1 heterocycles. The van der Waals surface area contributed by atoms with Crippen molar-refractivity contribution < 1.29 is 0 Å². The number of anilines is 3. The summed E-state index contributed by atoms with van der Waals surface area (Å²) < 4.78 is 2.42. The molecule has 282 valence electrons. The second-order valence-corrected chi connectivity index (χ2v) is 15.4. The van der Waals surface area contributed by atoms with Gasteiger partial charge in [-0.25, -0.2) is 0 Å². The minimum Gasteiger partial charge on any atom is -0.310 e. The van der Waals surface area contributed by atoms with Gasteiger partial charge in [-0.05, 0) is 122 Å². The van der Waals surface area contributed by atoms with Crippen molar-refractivity contribution in [3.63, 3.8) is 0 Å². The molecule has 0 radical (unpaired) electrons. The van der Waals surface area contributed by atoms with Crippen molar-refractivity contribution in [3.05, 3.63) is 243 Å². The van der Waals surface area contributed by atoms with Crippen molar-refractivity contribution in [2.45, 2.75) is 0 Å². The second kappa shape index (κ2) is 15.1. The summed E-state index contributed by atoms with van der Waals surface area (Å²) in [4.78, 5) is 2.38. The van der Waals surface area contributed by atoms with Gasteiger partial charge in [-0.3, -0.25) is 0 Å². The molecule has 0 atom stereocenters. The monoisotopic (exact) mass is 764 g/mol. The van der Waals surface area contributed by atoms with E-state index in [2.05, 4.69) is 252 Å². The van der Waals surface area contributed by atoms with Gasteiger partial charge in [0.1, 0.15) is 0 Å². The van der Waals surface area contributed by atoms with Crippen LogP contribution in [0.3, 0.4) is 0 Å².